The molecule has 0 saturated heterocycles. The molecule has 0 aliphatic rings. The number of imidazole rings is 1. The van der Waals surface area contributed by atoms with Gasteiger partial charge >= 0.3 is 0 Å². The van der Waals surface area contributed by atoms with Gasteiger partial charge in [0.05, 0.1) is 19.1 Å². The average Bonchev–Trinajstić information content (AvgIpc) is 2.76. The molecule has 2 aromatic rings. The molecule has 0 spiro atoms. The van der Waals surface area contributed by atoms with Crippen molar-refractivity contribution in [3.63, 3.8) is 0 Å². The minimum Gasteiger partial charge on any atom is -0.543 e. The van der Waals surface area contributed by atoms with Crippen molar-refractivity contribution in [3.05, 3.63) is 35.3 Å². The minimum absolute atomic E-state index is 0.0636. The summed E-state index contributed by atoms with van der Waals surface area (Å²) in [6.45, 7) is 8.67. The van der Waals surface area contributed by atoms with Gasteiger partial charge in [0.1, 0.15) is 23.6 Å². The molecular weight excluding hydrogens is 242 g/mol. The van der Waals surface area contributed by atoms with E-state index in [2.05, 4.69) is 18.8 Å². The second-order valence-electron chi connectivity index (χ2n) is 4.69. The highest BCUT2D eigenvalue weighted by Crippen LogP contribution is 2.14. The lowest BCUT2D eigenvalue weighted by Crippen LogP contribution is -3.10. The maximum atomic E-state index is 11.3. The summed E-state index contributed by atoms with van der Waals surface area (Å²) in [5, 5.41) is 11.3. The van der Waals surface area contributed by atoms with Gasteiger partial charge < -0.3 is 14.8 Å². The lowest BCUT2D eigenvalue weighted by molar-refractivity contribution is -0.910. The van der Waals surface area contributed by atoms with Crippen molar-refractivity contribution in [3.8, 4) is 0 Å². The average molecular weight is 261 g/mol. The summed E-state index contributed by atoms with van der Waals surface area (Å²) < 4.78 is 1.91. The molecule has 19 heavy (non-hydrogen) atoms. The third kappa shape index (κ3) is 2.46. The third-order valence-corrected chi connectivity index (χ3v) is 3.54. The van der Waals surface area contributed by atoms with Gasteiger partial charge in [-0.15, -0.1) is 0 Å². The van der Waals surface area contributed by atoms with Crippen LogP contribution in [0.1, 0.15) is 35.7 Å². The van der Waals surface area contributed by atoms with Crippen LogP contribution in [0, 0.1) is 6.92 Å². The van der Waals surface area contributed by atoms with E-state index in [-0.39, 0.29) is 5.69 Å². The van der Waals surface area contributed by atoms with Crippen molar-refractivity contribution in [2.24, 2.45) is 0 Å². The predicted molar refractivity (Wildman–Crippen MR) is 70.0 cm³/mol. The first kappa shape index (κ1) is 13.5. The molecular formula is C14H19N3O2. The standard InChI is InChI=1S/C14H19N3O2/c1-4-16(5-2)9-11-13(14(18)19)15-12-8-6-7-10(3)17(11)12/h6-8H,4-5,9H2,1-3H3,(H,18,19). The summed E-state index contributed by atoms with van der Waals surface area (Å²) in [6.07, 6.45) is 0. The molecule has 0 radical (unpaired) electrons. The fraction of sp³-hybridized carbons (Fsp3) is 0.429. The van der Waals surface area contributed by atoms with Crippen LogP contribution in [0.2, 0.25) is 0 Å². The molecule has 0 unspecified atom stereocenters. The highest BCUT2D eigenvalue weighted by atomic mass is 16.4. The summed E-state index contributed by atoms with van der Waals surface area (Å²) >= 11 is 0. The number of nitrogens with zero attached hydrogens (tertiary/aromatic N) is 2. The summed E-state index contributed by atoms with van der Waals surface area (Å²) in [5.74, 6) is -1.20. The monoisotopic (exact) mass is 261 g/mol. The van der Waals surface area contributed by atoms with Crippen molar-refractivity contribution in [1.82, 2.24) is 9.38 Å². The van der Waals surface area contributed by atoms with E-state index in [0.29, 0.717) is 12.2 Å². The first-order valence-corrected chi connectivity index (χ1v) is 6.60. The predicted octanol–water partition coefficient (Wildman–Crippen LogP) is -0.569. The Hall–Kier alpha value is -1.88. The highest BCUT2D eigenvalue weighted by molar-refractivity contribution is 5.86. The first-order chi connectivity index (χ1) is 9.08. The van der Waals surface area contributed by atoms with Crippen LogP contribution in [0.5, 0.6) is 0 Å². The van der Waals surface area contributed by atoms with Crippen molar-refractivity contribution in [2.45, 2.75) is 27.3 Å². The zero-order valence-electron chi connectivity index (χ0n) is 11.6. The zero-order chi connectivity index (χ0) is 14.0. The number of carbonyl (C=O) groups is 1. The van der Waals surface area contributed by atoms with E-state index in [1.165, 1.54) is 4.90 Å². The summed E-state index contributed by atoms with van der Waals surface area (Å²) in [6, 6.07) is 5.65. The molecule has 0 bridgehead atoms. The number of nitrogens with one attached hydrogen (secondary N) is 1. The zero-order valence-corrected chi connectivity index (χ0v) is 11.6. The fourth-order valence-corrected chi connectivity index (χ4v) is 2.39. The lowest BCUT2D eigenvalue weighted by Gasteiger charge is -2.16. The second kappa shape index (κ2) is 5.40. The molecule has 0 aliphatic carbocycles. The Bertz CT molecular complexity index is 600. The van der Waals surface area contributed by atoms with Crippen molar-refractivity contribution in [2.75, 3.05) is 13.1 Å². The van der Waals surface area contributed by atoms with Gasteiger partial charge in [-0.05, 0) is 32.9 Å². The molecule has 5 heteroatoms. The Labute approximate surface area is 112 Å². The van der Waals surface area contributed by atoms with E-state index < -0.39 is 5.97 Å². The molecule has 0 amide bonds. The Kier molecular flexibility index (Phi) is 3.85. The quantitative estimate of drug-likeness (QED) is 0.784. The molecule has 1 N–H and O–H groups in total. The van der Waals surface area contributed by atoms with E-state index in [0.717, 1.165) is 24.5 Å². The normalized spacial score (nSPS) is 11.4. The molecule has 0 saturated carbocycles. The Morgan fingerprint density at radius 2 is 2.05 bits per heavy atom. The SMILES string of the molecule is CC[NH+](CC)Cc1c(C(=O)[O-])nc2cccc(C)n12. The van der Waals surface area contributed by atoms with E-state index in [1.54, 1.807) is 0 Å². The maximum absolute atomic E-state index is 11.3. The number of quaternary nitrogens is 1. The van der Waals surface area contributed by atoms with E-state index in [9.17, 15) is 9.90 Å². The summed E-state index contributed by atoms with van der Waals surface area (Å²) in [4.78, 5) is 16.8. The molecule has 0 aromatic carbocycles. The van der Waals surface area contributed by atoms with Crippen LogP contribution < -0.4 is 10.0 Å². The number of carboxylic acid groups (broad SMARTS) is 1. The molecule has 5 nitrogen and oxygen atoms in total. The topological polar surface area (TPSA) is 61.9 Å². The molecule has 2 aromatic heterocycles. The van der Waals surface area contributed by atoms with Crippen LogP contribution in [0.25, 0.3) is 5.65 Å². The van der Waals surface area contributed by atoms with Crippen LogP contribution in [-0.4, -0.2) is 28.4 Å². The van der Waals surface area contributed by atoms with Crippen molar-refractivity contribution >= 4 is 11.6 Å². The van der Waals surface area contributed by atoms with Crippen LogP contribution in [0.15, 0.2) is 18.2 Å². The van der Waals surface area contributed by atoms with Crippen molar-refractivity contribution in [1.29, 1.82) is 0 Å². The highest BCUT2D eigenvalue weighted by Gasteiger charge is 2.18. The third-order valence-electron chi connectivity index (χ3n) is 3.54. The van der Waals surface area contributed by atoms with Gasteiger partial charge in [0.2, 0.25) is 0 Å². The minimum atomic E-state index is -1.20. The molecule has 0 atom stereocenters. The molecule has 0 aliphatic heterocycles. The number of rotatable bonds is 5. The van der Waals surface area contributed by atoms with Gasteiger partial charge in [-0.2, -0.15) is 0 Å². The second-order valence-corrected chi connectivity index (χ2v) is 4.69. The Balaban J connectivity index is 2.60. The smallest absolute Gasteiger partial charge is 0.138 e. The lowest BCUT2D eigenvalue weighted by atomic mass is 10.2. The summed E-state index contributed by atoms with van der Waals surface area (Å²) in [5.41, 5.74) is 2.44. The maximum Gasteiger partial charge on any atom is 0.138 e. The number of pyridine rings is 1. The number of aromatic nitrogens is 2. The fourth-order valence-electron chi connectivity index (χ4n) is 2.39. The molecule has 0 fully saturated rings. The summed E-state index contributed by atoms with van der Waals surface area (Å²) in [7, 11) is 0. The number of carbonyl (C=O) groups excluding carboxylic acids is 1. The first-order valence-electron chi connectivity index (χ1n) is 6.60. The van der Waals surface area contributed by atoms with Crippen LogP contribution in [0.3, 0.4) is 0 Å². The van der Waals surface area contributed by atoms with Crippen LogP contribution in [0.4, 0.5) is 0 Å². The Morgan fingerprint density at radius 3 is 2.63 bits per heavy atom. The van der Waals surface area contributed by atoms with Crippen molar-refractivity contribution < 1.29 is 14.8 Å². The largest absolute Gasteiger partial charge is 0.543 e. The molecule has 2 rings (SSSR count). The number of hydrogen-bond acceptors (Lipinski definition) is 3. The van der Waals surface area contributed by atoms with Crippen LogP contribution in [-0.2, 0) is 6.54 Å². The number of aryl methyl sites for hydroxylation is 1. The molecule has 2 heterocycles. The Morgan fingerprint density at radius 1 is 1.37 bits per heavy atom. The van der Waals surface area contributed by atoms with Gasteiger partial charge in [0, 0.05) is 5.69 Å². The van der Waals surface area contributed by atoms with E-state index in [1.807, 2.05) is 29.5 Å². The number of fused-ring (bicyclic) bond motifs is 1. The van der Waals surface area contributed by atoms with Gasteiger partial charge in [0.15, 0.2) is 0 Å². The number of carboxylic acids is 1. The van der Waals surface area contributed by atoms with E-state index >= 15 is 0 Å². The molecule has 102 valence electrons. The van der Waals surface area contributed by atoms with Gasteiger partial charge in [-0.1, -0.05) is 6.07 Å². The van der Waals surface area contributed by atoms with Gasteiger partial charge in [0.25, 0.3) is 0 Å². The van der Waals surface area contributed by atoms with Gasteiger partial charge in [-0.3, -0.25) is 4.40 Å². The van der Waals surface area contributed by atoms with Gasteiger partial charge in [-0.25, -0.2) is 4.98 Å². The number of aromatic carboxylic acids is 1. The number of hydrogen-bond donors (Lipinski definition) is 1. The van der Waals surface area contributed by atoms with E-state index in [4.69, 9.17) is 0 Å². The van der Waals surface area contributed by atoms with Crippen LogP contribution >= 0.6 is 0 Å².